The second kappa shape index (κ2) is 9.23. The molecule has 1 N–H and O–H groups in total. The van der Waals surface area contributed by atoms with Crippen molar-refractivity contribution in [2.24, 2.45) is 0 Å². The van der Waals surface area contributed by atoms with E-state index in [0.717, 1.165) is 29.8 Å². The summed E-state index contributed by atoms with van der Waals surface area (Å²) in [4.78, 5) is 13.1. The van der Waals surface area contributed by atoms with Gasteiger partial charge >= 0.3 is 0 Å². The number of hydrogen-bond donors (Lipinski definition) is 1. The van der Waals surface area contributed by atoms with E-state index in [9.17, 15) is 4.79 Å². The number of nitrogens with one attached hydrogen (secondary N) is 1. The van der Waals surface area contributed by atoms with Crippen LogP contribution in [-0.2, 0) is 6.42 Å². The van der Waals surface area contributed by atoms with Crippen molar-refractivity contribution < 1.29 is 4.79 Å². The highest BCUT2D eigenvalue weighted by Crippen LogP contribution is 2.22. The van der Waals surface area contributed by atoms with Crippen LogP contribution >= 0.6 is 0 Å². The maximum absolute atomic E-state index is 13.1. The van der Waals surface area contributed by atoms with Gasteiger partial charge in [-0.05, 0) is 43.5 Å². The summed E-state index contributed by atoms with van der Waals surface area (Å²) >= 11 is 0. The maximum atomic E-state index is 13.1. The van der Waals surface area contributed by atoms with Gasteiger partial charge in [-0.15, -0.1) is 0 Å². The SMILES string of the molecule is C[C@@H](CCc1ccccc1)NC(=O)c1cc(-c2ccccc2)nn1-c1ccccc1. The Hall–Kier alpha value is -3.66. The highest BCUT2D eigenvalue weighted by molar-refractivity contribution is 5.94. The number of aromatic nitrogens is 2. The van der Waals surface area contributed by atoms with E-state index in [4.69, 9.17) is 5.10 Å². The number of amides is 1. The number of rotatable bonds is 7. The second-order valence-corrected chi connectivity index (χ2v) is 7.43. The minimum Gasteiger partial charge on any atom is -0.348 e. The number of nitrogens with zero attached hydrogens (tertiary/aromatic N) is 2. The van der Waals surface area contributed by atoms with Gasteiger partial charge in [-0.3, -0.25) is 4.79 Å². The van der Waals surface area contributed by atoms with Gasteiger partial charge in [-0.1, -0.05) is 78.9 Å². The Balaban J connectivity index is 1.55. The summed E-state index contributed by atoms with van der Waals surface area (Å²) in [6, 6.07) is 31.9. The maximum Gasteiger partial charge on any atom is 0.270 e. The van der Waals surface area contributed by atoms with Gasteiger partial charge in [0.05, 0.1) is 11.4 Å². The molecule has 4 rings (SSSR count). The standard InChI is InChI=1S/C26H25N3O/c1-20(17-18-21-11-5-2-6-12-21)27-26(30)25-19-24(22-13-7-3-8-14-22)28-29(25)23-15-9-4-10-16-23/h2-16,19-20H,17-18H2,1H3,(H,27,30)/t20-/m0/s1. The number of para-hydroxylation sites is 1. The van der Waals surface area contributed by atoms with Crippen LogP contribution in [0.15, 0.2) is 97.1 Å². The van der Waals surface area contributed by atoms with Gasteiger partial charge in [-0.25, -0.2) is 4.68 Å². The summed E-state index contributed by atoms with van der Waals surface area (Å²) in [6.07, 6.45) is 1.80. The molecule has 1 aromatic heterocycles. The molecule has 0 fully saturated rings. The zero-order valence-corrected chi connectivity index (χ0v) is 17.0. The average molecular weight is 396 g/mol. The number of hydrogen-bond acceptors (Lipinski definition) is 2. The zero-order chi connectivity index (χ0) is 20.8. The molecular formula is C26H25N3O. The fourth-order valence-electron chi connectivity index (χ4n) is 3.46. The third-order valence-corrected chi connectivity index (χ3v) is 5.10. The lowest BCUT2D eigenvalue weighted by molar-refractivity contribution is 0.0930. The Morgan fingerprint density at radius 3 is 2.17 bits per heavy atom. The monoisotopic (exact) mass is 395 g/mol. The van der Waals surface area contributed by atoms with Crippen molar-refractivity contribution in [2.45, 2.75) is 25.8 Å². The molecule has 150 valence electrons. The Kier molecular flexibility index (Phi) is 6.04. The van der Waals surface area contributed by atoms with Gasteiger partial charge in [0.2, 0.25) is 0 Å². The van der Waals surface area contributed by atoms with E-state index >= 15 is 0 Å². The number of aryl methyl sites for hydroxylation is 1. The number of benzene rings is 3. The summed E-state index contributed by atoms with van der Waals surface area (Å²) in [6.45, 7) is 2.04. The molecule has 30 heavy (non-hydrogen) atoms. The molecule has 1 atom stereocenters. The fraction of sp³-hybridized carbons (Fsp3) is 0.154. The highest BCUT2D eigenvalue weighted by Gasteiger charge is 2.19. The average Bonchev–Trinajstić information content (AvgIpc) is 3.25. The van der Waals surface area contributed by atoms with Crippen LogP contribution in [0.2, 0.25) is 0 Å². The zero-order valence-electron chi connectivity index (χ0n) is 17.0. The Morgan fingerprint density at radius 2 is 1.50 bits per heavy atom. The molecule has 1 heterocycles. The Labute approximate surface area is 177 Å². The van der Waals surface area contributed by atoms with Gasteiger partial charge < -0.3 is 5.32 Å². The first-order chi connectivity index (χ1) is 14.7. The minimum atomic E-state index is -0.117. The first kappa shape index (κ1) is 19.6. The molecule has 0 saturated carbocycles. The third-order valence-electron chi connectivity index (χ3n) is 5.10. The molecule has 3 aromatic carbocycles. The lowest BCUT2D eigenvalue weighted by Gasteiger charge is -2.14. The first-order valence-corrected chi connectivity index (χ1v) is 10.3. The van der Waals surface area contributed by atoms with Crippen LogP contribution in [-0.4, -0.2) is 21.7 Å². The van der Waals surface area contributed by atoms with Gasteiger partial charge in [-0.2, -0.15) is 5.10 Å². The summed E-state index contributed by atoms with van der Waals surface area (Å²) < 4.78 is 1.72. The molecule has 0 radical (unpaired) electrons. The predicted molar refractivity (Wildman–Crippen MR) is 121 cm³/mol. The van der Waals surface area contributed by atoms with Crippen molar-refractivity contribution in [2.75, 3.05) is 0 Å². The highest BCUT2D eigenvalue weighted by atomic mass is 16.2. The summed E-state index contributed by atoms with van der Waals surface area (Å²) in [5.74, 6) is -0.117. The summed E-state index contributed by atoms with van der Waals surface area (Å²) in [5, 5.41) is 7.87. The first-order valence-electron chi connectivity index (χ1n) is 10.3. The van der Waals surface area contributed by atoms with E-state index in [1.807, 2.05) is 91.9 Å². The van der Waals surface area contributed by atoms with E-state index in [1.54, 1.807) is 4.68 Å². The van der Waals surface area contributed by atoms with Crippen LogP contribution in [0.1, 0.15) is 29.4 Å². The van der Waals surface area contributed by atoms with E-state index in [2.05, 4.69) is 17.4 Å². The van der Waals surface area contributed by atoms with Crippen molar-refractivity contribution in [1.29, 1.82) is 0 Å². The molecule has 1 amide bonds. The van der Waals surface area contributed by atoms with E-state index < -0.39 is 0 Å². The number of carbonyl (C=O) groups excluding carboxylic acids is 1. The summed E-state index contributed by atoms with van der Waals surface area (Å²) in [7, 11) is 0. The minimum absolute atomic E-state index is 0.0528. The molecule has 0 spiro atoms. The quantitative estimate of drug-likeness (QED) is 0.462. The number of carbonyl (C=O) groups is 1. The molecule has 4 nitrogen and oxygen atoms in total. The van der Waals surface area contributed by atoms with Gasteiger partial charge in [0, 0.05) is 11.6 Å². The molecule has 4 aromatic rings. The van der Waals surface area contributed by atoms with Crippen LogP contribution < -0.4 is 5.32 Å². The van der Waals surface area contributed by atoms with Crippen LogP contribution in [0, 0.1) is 0 Å². The normalized spacial score (nSPS) is 11.8. The Morgan fingerprint density at radius 1 is 0.900 bits per heavy atom. The molecule has 0 aliphatic heterocycles. The smallest absolute Gasteiger partial charge is 0.270 e. The van der Waals surface area contributed by atoms with Crippen molar-refractivity contribution in [1.82, 2.24) is 15.1 Å². The van der Waals surface area contributed by atoms with Crippen LogP contribution in [0.3, 0.4) is 0 Å². The van der Waals surface area contributed by atoms with Gasteiger partial charge in [0.25, 0.3) is 5.91 Å². The summed E-state index contributed by atoms with van der Waals surface area (Å²) in [5.41, 5.74) is 4.44. The lowest BCUT2D eigenvalue weighted by Crippen LogP contribution is -2.34. The van der Waals surface area contributed by atoms with Crippen LogP contribution in [0.25, 0.3) is 16.9 Å². The topological polar surface area (TPSA) is 46.9 Å². The van der Waals surface area contributed by atoms with Crippen molar-refractivity contribution in [3.63, 3.8) is 0 Å². The van der Waals surface area contributed by atoms with Gasteiger partial charge in [0.1, 0.15) is 5.69 Å². The lowest BCUT2D eigenvalue weighted by atomic mass is 10.1. The molecule has 4 heteroatoms. The van der Waals surface area contributed by atoms with Crippen LogP contribution in [0.5, 0.6) is 0 Å². The Bertz CT molecular complexity index is 1090. The van der Waals surface area contributed by atoms with Crippen molar-refractivity contribution in [3.8, 4) is 16.9 Å². The molecule has 0 bridgehead atoms. The molecule has 0 saturated heterocycles. The third kappa shape index (κ3) is 4.66. The fourth-order valence-corrected chi connectivity index (χ4v) is 3.46. The van der Waals surface area contributed by atoms with Crippen molar-refractivity contribution >= 4 is 5.91 Å². The molecule has 0 aliphatic carbocycles. The second-order valence-electron chi connectivity index (χ2n) is 7.43. The van der Waals surface area contributed by atoms with E-state index in [-0.39, 0.29) is 11.9 Å². The molecule has 0 aliphatic rings. The molecular weight excluding hydrogens is 370 g/mol. The largest absolute Gasteiger partial charge is 0.348 e. The van der Waals surface area contributed by atoms with Gasteiger partial charge in [0.15, 0.2) is 0 Å². The molecule has 0 unspecified atom stereocenters. The van der Waals surface area contributed by atoms with E-state index in [1.165, 1.54) is 5.56 Å². The van der Waals surface area contributed by atoms with Crippen LogP contribution in [0.4, 0.5) is 0 Å². The predicted octanol–water partition coefficient (Wildman–Crippen LogP) is 5.29. The van der Waals surface area contributed by atoms with Crippen molar-refractivity contribution in [3.05, 3.63) is 108 Å². The van der Waals surface area contributed by atoms with E-state index in [0.29, 0.717) is 5.69 Å².